The molecule has 0 aliphatic carbocycles. The summed E-state index contributed by atoms with van der Waals surface area (Å²) in [4.78, 5) is 24.1. The number of carbonyl (C=O) groups is 1. The highest BCUT2D eigenvalue weighted by Gasteiger charge is 2.23. The van der Waals surface area contributed by atoms with Crippen molar-refractivity contribution < 1.29 is 9.32 Å². The maximum atomic E-state index is 12.6. The number of nitrogens with zero attached hydrogens (tertiary/aromatic N) is 5. The Morgan fingerprint density at radius 1 is 1.12 bits per heavy atom. The van der Waals surface area contributed by atoms with Gasteiger partial charge in [-0.2, -0.15) is 0 Å². The molecular formula is C24H35IN6O2. The van der Waals surface area contributed by atoms with E-state index in [-0.39, 0.29) is 29.9 Å². The van der Waals surface area contributed by atoms with E-state index >= 15 is 0 Å². The maximum absolute atomic E-state index is 12.6. The molecule has 3 heterocycles. The zero-order valence-corrected chi connectivity index (χ0v) is 22.0. The van der Waals surface area contributed by atoms with Gasteiger partial charge in [-0.15, -0.1) is 24.0 Å². The Bertz CT molecular complexity index is 914. The minimum atomic E-state index is 0. The predicted molar refractivity (Wildman–Crippen MR) is 139 cm³/mol. The Morgan fingerprint density at radius 2 is 1.82 bits per heavy atom. The van der Waals surface area contributed by atoms with E-state index in [1.165, 1.54) is 11.1 Å². The third-order valence-corrected chi connectivity index (χ3v) is 6.07. The quantitative estimate of drug-likeness (QED) is 0.241. The summed E-state index contributed by atoms with van der Waals surface area (Å²) in [6, 6.07) is 10.3. The lowest BCUT2D eigenvalue weighted by atomic mass is 10.1. The fraction of sp³-hybridized carbons (Fsp3) is 0.542. The van der Waals surface area contributed by atoms with Gasteiger partial charge in [0, 0.05) is 71.4 Å². The van der Waals surface area contributed by atoms with Crippen LogP contribution in [0.3, 0.4) is 0 Å². The molecule has 9 heteroatoms. The monoisotopic (exact) mass is 566 g/mol. The van der Waals surface area contributed by atoms with Crippen LogP contribution < -0.4 is 5.32 Å². The summed E-state index contributed by atoms with van der Waals surface area (Å²) in [5, 5.41) is 7.51. The molecule has 0 atom stereocenters. The van der Waals surface area contributed by atoms with Crippen LogP contribution in [-0.4, -0.2) is 71.0 Å². The second-order valence-electron chi connectivity index (χ2n) is 8.55. The Morgan fingerprint density at radius 3 is 2.42 bits per heavy atom. The number of aryl methyl sites for hydroxylation is 1. The number of halogens is 1. The normalized spacial score (nSPS) is 16.5. The first-order chi connectivity index (χ1) is 15.6. The molecule has 0 spiro atoms. The zero-order valence-electron chi connectivity index (χ0n) is 19.6. The molecule has 1 fully saturated rings. The molecule has 0 radical (unpaired) electrons. The lowest BCUT2D eigenvalue weighted by Crippen LogP contribution is -2.52. The van der Waals surface area contributed by atoms with E-state index < -0.39 is 0 Å². The minimum absolute atomic E-state index is 0. The third kappa shape index (κ3) is 6.92. The first-order valence-electron chi connectivity index (χ1n) is 11.6. The Kier molecular flexibility index (Phi) is 9.54. The van der Waals surface area contributed by atoms with Crippen LogP contribution in [0, 0.1) is 6.92 Å². The fourth-order valence-electron chi connectivity index (χ4n) is 4.35. The summed E-state index contributed by atoms with van der Waals surface area (Å²) in [5.74, 6) is 2.02. The SMILES string of the molecule is CCNC(=NCCCC(=O)N1Cc2ccccc2C1)N1CCN(Cc2cc(C)on2)CC1.I. The number of benzene rings is 1. The largest absolute Gasteiger partial charge is 0.361 e. The lowest BCUT2D eigenvalue weighted by molar-refractivity contribution is -0.131. The lowest BCUT2D eigenvalue weighted by Gasteiger charge is -2.36. The van der Waals surface area contributed by atoms with Gasteiger partial charge in [0.05, 0.1) is 5.69 Å². The van der Waals surface area contributed by atoms with Gasteiger partial charge in [-0.05, 0) is 31.4 Å². The first kappa shape index (κ1) is 25.5. The molecule has 2 aliphatic rings. The Hall–Kier alpha value is -2.14. The predicted octanol–water partition coefficient (Wildman–Crippen LogP) is 3.01. The highest BCUT2D eigenvalue weighted by atomic mass is 127. The van der Waals surface area contributed by atoms with Gasteiger partial charge < -0.3 is 19.6 Å². The van der Waals surface area contributed by atoms with Crippen LogP contribution in [0.2, 0.25) is 0 Å². The molecule has 4 rings (SSSR count). The number of aromatic nitrogens is 1. The molecule has 1 saturated heterocycles. The molecule has 8 nitrogen and oxygen atoms in total. The highest BCUT2D eigenvalue weighted by molar-refractivity contribution is 14.0. The number of hydrogen-bond acceptors (Lipinski definition) is 5. The van der Waals surface area contributed by atoms with Crippen LogP contribution in [0.4, 0.5) is 0 Å². The van der Waals surface area contributed by atoms with Crippen molar-refractivity contribution in [3.8, 4) is 0 Å². The van der Waals surface area contributed by atoms with E-state index in [0.29, 0.717) is 13.0 Å². The molecule has 2 aliphatic heterocycles. The number of hydrogen-bond donors (Lipinski definition) is 1. The summed E-state index contributed by atoms with van der Waals surface area (Å²) in [7, 11) is 0. The number of guanidine groups is 1. The van der Waals surface area contributed by atoms with E-state index in [9.17, 15) is 4.79 Å². The molecule has 2 aromatic rings. The molecule has 180 valence electrons. The second-order valence-corrected chi connectivity index (χ2v) is 8.55. The molecule has 1 amide bonds. The first-order valence-corrected chi connectivity index (χ1v) is 11.6. The van der Waals surface area contributed by atoms with Crippen LogP contribution in [0.1, 0.15) is 42.3 Å². The van der Waals surface area contributed by atoms with E-state index in [1.807, 2.05) is 30.0 Å². The summed E-state index contributed by atoms with van der Waals surface area (Å²) < 4.78 is 5.17. The van der Waals surface area contributed by atoms with Crippen LogP contribution in [0.15, 0.2) is 39.8 Å². The van der Waals surface area contributed by atoms with Crippen molar-refractivity contribution in [3.63, 3.8) is 0 Å². The number of amides is 1. The molecule has 0 saturated carbocycles. The van der Waals surface area contributed by atoms with Gasteiger partial charge in [-0.1, -0.05) is 29.4 Å². The molecule has 0 unspecified atom stereocenters. The molecule has 1 aromatic carbocycles. The van der Waals surface area contributed by atoms with Gasteiger partial charge in [0.1, 0.15) is 5.76 Å². The smallest absolute Gasteiger partial charge is 0.223 e. The third-order valence-electron chi connectivity index (χ3n) is 6.07. The number of fused-ring (bicyclic) bond motifs is 1. The number of carbonyl (C=O) groups excluding carboxylic acids is 1. The van der Waals surface area contributed by atoms with Gasteiger partial charge >= 0.3 is 0 Å². The number of aliphatic imine (C=N–C) groups is 1. The number of nitrogens with one attached hydrogen (secondary N) is 1. The van der Waals surface area contributed by atoms with Gasteiger partial charge in [0.15, 0.2) is 5.96 Å². The summed E-state index contributed by atoms with van der Waals surface area (Å²) >= 11 is 0. The summed E-state index contributed by atoms with van der Waals surface area (Å²) in [5.41, 5.74) is 3.53. The average Bonchev–Trinajstić information content (AvgIpc) is 3.42. The van der Waals surface area contributed by atoms with Crippen molar-refractivity contribution in [1.29, 1.82) is 0 Å². The van der Waals surface area contributed by atoms with Crippen molar-refractivity contribution >= 4 is 35.8 Å². The molecule has 1 N–H and O–H groups in total. The van der Waals surface area contributed by atoms with Crippen molar-refractivity contribution in [2.24, 2.45) is 4.99 Å². The van der Waals surface area contributed by atoms with Crippen LogP contribution in [0.5, 0.6) is 0 Å². The fourth-order valence-corrected chi connectivity index (χ4v) is 4.35. The maximum Gasteiger partial charge on any atom is 0.223 e. The summed E-state index contributed by atoms with van der Waals surface area (Å²) in [6.45, 7) is 11.6. The van der Waals surface area contributed by atoms with E-state index in [2.05, 4.69) is 39.3 Å². The topological polar surface area (TPSA) is 77.2 Å². The van der Waals surface area contributed by atoms with Gasteiger partial charge in [0.2, 0.25) is 5.91 Å². The number of piperazine rings is 1. The van der Waals surface area contributed by atoms with E-state index in [4.69, 9.17) is 9.52 Å². The molecular weight excluding hydrogens is 531 g/mol. The molecule has 33 heavy (non-hydrogen) atoms. The summed E-state index contributed by atoms with van der Waals surface area (Å²) in [6.07, 6.45) is 1.31. The van der Waals surface area contributed by atoms with Crippen molar-refractivity contribution in [2.45, 2.75) is 46.3 Å². The van der Waals surface area contributed by atoms with Gasteiger partial charge in [-0.25, -0.2) is 0 Å². The average molecular weight is 566 g/mol. The molecule has 0 bridgehead atoms. The Balaban J connectivity index is 0.00000306. The highest BCUT2D eigenvalue weighted by Crippen LogP contribution is 2.23. The van der Waals surface area contributed by atoms with Crippen LogP contribution in [-0.2, 0) is 24.4 Å². The van der Waals surface area contributed by atoms with Crippen molar-refractivity contribution in [2.75, 3.05) is 39.3 Å². The van der Waals surface area contributed by atoms with E-state index in [0.717, 1.165) is 76.2 Å². The van der Waals surface area contributed by atoms with Gasteiger partial charge in [0.25, 0.3) is 0 Å². The molecule has 1 aromatic heterocycles. The number of rotatable bonds is 7. The second kappa shape index (κ2) is 12.4. The van der Waals surface area contributed by atoms with Gasteiger partial charge in [-0.3, -0.25) is 14.7 Å². The van der Waals surface area contributed by atoms with Crippen molar-refractivity contribution in [1.82, 2.24) is 25.2 Å². The van der Waals surface area contributed by atoms with E-state index in [1.54, 1.807) is 0 Å². The zero-order chi connectivity index (χ0) is 22.3. The van der Waals surface area contributed by atoms with Crippen LogP contribution >= 0.6 is 24.0 Å². The standard InChI is InChI=1S/C24H34N6O2.HI/c1-3-25-24(29-13-11-28(12-14-29)18-22-15-19(2)32-27-22)26-10-6-9-23(31)30-16-20-7-4-5-8-21(20)17-30;/h4-5,7-8,15H,3,6,9-14,16-18H2,1-2H3,(H,25,26);1H. The Labute approximate surface area is 213 Å². The minimum Gasteiger partial charge on any atom is -0.361 e. The van der Waals surface area contributed by atoms with Crippen LogP contribution in [0.25, 0.3) is 0 Å². The van der Waals surface area contributed by atoms with Crippen molar-refractivity contribution in [3.05, 3.63) is 52.9 Å².